The fraction of sp³-hybridized carbons (Fsp3) is 0.529. The molecule has 0 aliphatic carbocycles. The Bertz CT molecular complexity index is 512. The van der Waals surface area contributed by atoms with Crippen LogP contribution in [0.5, 0.6) is 0 Å². The molecule has 3 unspecified atom stereocenters. The molecule has 0 spiro atoms. The first kappa shape index (κ1) is 15.5. The summed E-state index contributed by atoms with van der Waals surface area (Å²) in [5.41, 5.74) is 1.00. The third kappa shape index (κ3) is 3.09. The summed E-state index contributed by atoms with van der Waals surface area (Å²) >= 11 is 0. The molecule has 3 atom stereocenters. The van der Waals surface area contributed by atoms with Gasteiger partial charge in [0, 0.05) is 12.6 Å². The second kappa shape index (κ2) is 6.29. The highest BCUT2D eigenvalue weighted by molar-refractivity contribution is 5.85. The standard InChI is InChI=1S/C17H23NO3/c1-11(2)15(13-7-5-4-6-8-13)16(19)18-10-9-14(12(18)3)17(20)21/h4-8,11-12,14-15H,9-10H2,1-3H3,(H,20,21). The van der Waals surface area contributed by atoms with Crippen LogP contribution in [0.2, 0.25) is 0 Å². The lowest BCUT2D eigenvalue weighted by molar-refractivity contribution is -0.143. The number of hydrogen-bond donors (Lipinski definition) is 1. The molecule has 0 aromatic heterocycles. The van der Waals surface area contributed by atoms with E-state index in [9.17, 15) is 14.7 Å². The first-order valence-corrected chi connectivity index (χ1v) is 7.51. The molecule has 1 aromatic rings. The average molecular weight is 289 g/mol. The van der Waals surface area contributed by atoms with Gasteiger partial charge >= 0.3 is 5.97 Å². The van der Waals surface area contributed by atoms with Gasteiger partial charge in [-0.1, -0.05) is 44.2 Å². The van der Waals surface area contributed by atoms with Crippen molar-refractivity contribution in [2.45, 2.75) is 39.2 Å². The Balaban J connectivity index is 2.23. The maximum Gasteiger partial charge on any atom is 0.308 e. The van der Waals surface area contributed by atoms with Gasteiger partial charge in [-0.05, 0) is 24.8 Å². The zero-order valence-corrected chi connectivity index (χ0v) is 12.8. The smallest absolute Gasteiger partial charge is 0.308 e. The SMILES string of the molecule is CC(C)C(C(=O)N1CCC(C(=O)O)C1C)c1ccccc1. The van der Waals surface area contributed by atoms with Gasteiger partial charge in [0.2, 0.25) is 5.91 Å². The number of likely N-dealkylation sites (tertiary alicyclic amines) is 1. The number of nitrogens with zero attached hydrogens (tertiary/aromatic N) is 1. The van der Waals surface area contributed by atoms with Crippen molar-refractivity contribution in [2.75, 3.05) is 6.54 Å². The van der Waals surface area contributed by atoms with Gasteiger partial charge in [-0.3, -0.25) is 9.59 Å². The quantitative estimate of drug-likeness (QED) is 0.927. The number of carbonyl (C=O) groups is 2. The lowest BCUT2D eigenvalue weighted by atomic mass is 9.87. The summed E-state index contributed by atoms with van der Waals surface area (Å²) in [6.07, 6.45) is 0.543. The minimum atomic E-state index is -0.807. The lowest BCUT2D eigenvalue weighted by Gasteiger charge is -2.30. The average Bonchev–Trinajstić information content (AvgIpc) is 2.81. The van der Waals surface area contributed by atoms with E-state index in [2.05, 4.69) is 0 Å². The molecular weight excluding hydrogens is 266 g/mol. The molecule has 2 rings (SSSR count). The van der Waals surface area contributed by atoms with Gasteiger partial charge in [0.15, 0.2) is 0 Å². The fourth-order valence-electron chi connectivity index (χ4n) is 3.23. The van der Waals surface area contributed by atoms with Crippen molar-refractivity contribution >= 4 is 11.9 Å². The van der Waals surface area contributed by atoms with Crippen LogP contribution in [0, 0.1) is 11.8 Å². The van der Waals surface area contributed by atoms with Gasteiger partial charge in [0.05, 0.1) is 11.8 Å². The van der Waals surface area contributed by atoms with Crippen molar-refractivity contribution in [3.63, 3.8) is 0 Å². The summed E-state index contributed by atoms with van der Waals surface area (Å²) in [5.74, 6) is -1.24. The Morgan fingerprint density at radius 3 is 2.33 bits per heavy atom. The van der Waals surface area contributed by atoms with Crippen LogP contribution in [-0.4, -0.2) is 34.5 Å². The van der Waals surface area contributed by atoms with E-state index in [1.807, 2.05) is 51.1 Å². The number of carbonyl (C=O) groups excluding carboxylic acids is 1. The number of amides is 1. The molecule has 4 nitrogen and oxygen atoms in total. The molecular formula is C17H23NO3. The van der Waals surface area contributed by atoms with Gasteiger partial charge in [0.1, 0.15) is 0 Å². The maximum atomic E-state index is 12.9. The van der Waals surface area contributed by atoms with Crippen molar-refractivity contribution in [1.29, 1.82) is 0 Å². The molecule has 1 saturated heterocycles. The number of carboxylic acid groups (broad SMARTS) is 1. The van der Waals surface area contributed by atoms with E-state index in [0.29, 0.717) is 13.0 Å². The van der Waals surface area contributed by atoms with Crippen LogP contribution in [0.1, 0.15) is 38.7 Å². The number of benzene rings is 1. The predicted octanol–water partition coefficient (Wildman–Crippen LogP) is 2.75. The Labute approximate surface area is 125 Å². The van der Waals surface area contributed by atoms with Gasteiger partial charge in [-0.25, -0.2) is 0 Å². The molecule has 21 heavy (non-hydrogen) atoms. The second-order valence-electron chi connectivity index (χ2n) is 6.14. The van der Waals surface area contributed by atoms with Crippen LogP contribution in [0.15, 0.2) is 30.3 Å². The lowest BCUT2D eigenvalue weighted by Crippen LogP contribution is -2.41. The van der Waals surface area contributed by atoms with Crippen LogP contribution < -0.4 is 0 Å². The van der Waals surface area contributed by atoms with Crippen molar-refractivity contribution in [3.05, 3.63) is 35.9 Å². The Morgan fingerprint density at radius 2 is 1.86 bits per heavy atom. The van der Waals surface area contributed by atoms with Crippen molar-refractivity contribution < 1.29 is 14.7 Å². The van der Waals surface area contributed by atoms with E-state index in [4.69, 9.17) is 0 Å². The van der Waals surface area contributed by atoms with Crippen LogP contribution in [0.25, 0.3) is 0 Å². The van der Waals surface area contributed by atoms with Crippen molar-refractivity contribution in [3.8, 4) is 0 Å². The second-order valence-corrected chi connectivity index (χ2v) is 6.14. The van der Waals surface area contributed by atoms with Gasteiger partial charge in [-0.15, -0.1) is 0 Å². The number of hydrogen-bond acceptors (Lipinski definition) is 2. The number of aliphatic carboxylic acids is 1. The third-order valence-corrected chi connectivity index (χ3v) is 4.45. The summed E-state index contributed by atoms with van der Waals surface area (Å²) < 4.78 is 0. The van der Waals surface area contributed by atoms with E-state index in [-0.39, 0.29) is 23.8 Å². The fourth-order valence-corrected chi connectivity index (χ4v) is 3.23. The monoisotopic (exact) mass is 289 g/mol. The van der Waals surface area contributed by atoms with Crippen LogP contribution in [0.3, 0.4) is 0 Å². The molecule has 4 heteroatoms. The number of carboxylic acids is 1. The highest BCUT2D eigenvalue weighted by Crippen LogP contribution is 2.32. The van der Waals surface area contributed by atoms with E-state index in [1.54, 1.807) is 4.90 Å². The predicted molar refractivity (Wildman–Crippen MR) is 80.9 cm³/mol. The van der Waals surface area contributed by atoms with Crippen LogP contribution in [0.4, 0.5) is 0 Å². The van der Waals surface area contributed by atoms with Crippen LogP contribution in [-0.2, 0) is 9.59 Å². The van der Waals surface area contributed by atoms with Crippen molar-refractivity contribution in [1.82, 2.24) is 4.90 Å². The normalized spacial score (nSPS) is 23.3. The van der Waals surface area contributed by atoms with Crippen LogP contribution >= 0.6 is 0 Å². The molecule has 0 bridgehead atoms. The summed E-state index contributed by atoms with van der Waals surface area (Å²) in [6.45, 7) is 6.44. The minimum Gasteiger partial charge on any atom is -0.481 e. The molecule has 1 aliphatic rings. The van der Waals surface area contributed by atoms with Gasteiger partial charge in [0.25, 0.3) is 0 Å². The zero-order valence-electron chi connectivity index (χ0n) is 12.8. The molecule has 1 fully saturated rings. The summed E-state index contributed by atoms with van der Waals surface area (Å²) in [4.78, 5) is 25.9. The van der Waals surface area contributed by atoms with E-state index in [0.717, 1.165) is 5.56 Å². The maximum absolute atomic E-state index is 12.9. The first-order chi connectivity index (χ1) is 9.93. The topological polar surface area (TPSA) is 57.6 Å². The van der Waals surface area contributed by atoms with E-state index >= 15 is 0 Å². The molecule has 114 valence electrons. The highest BCUT2D eigenvalue weighted by Gasteiger charge is 2.41. The summed E-state index contributed by atoms with van der Waals surface area (Å²) in [5, 5.41) is 9.21. The van der Waals surface area contributed by atoms with Crippen molar-refractivity contribution in [2.24, 2.45) is 11.8 Å². The third-order valence-electron chi connectivity index (χ3n) is 4.45. The molecule has 0 radical (unpaired) electrons. The largest absolute Gasteiger partial charge is 0.481 e. The summed E-state index contributed by atoms with van der Waals surface area (Å²) in [7, 11) is 0. The zero-order chi connectivity index (χ0) is 15.6. The Morgan fingerprint density at radius 1 is 1.24 bits per heavy atom. The molecule has 1 aliphatic heterocycles. The molecule has 1 N–H and O–H groups in total. The molecule has 1 heterocycles. The van der Waals surface area contributed by atoms with Gasteiger partial charge in [-0.2, -0.15) is 0 Å². The van der Waals surface area contributed by atoms with E-state index < -0.39 is 11.9 Å². The molecule has 1 aromatic carbocycles. The molecule has 0 saturated carbocycles. The number of rotatable bonds is 4. The first-order valence-electron chi connectivity index (χ1n) is 7.51. The Hall–Kier alpha value is -1.84. The Kier molecular flexibility index (Phi) is 4.66. The highest BCUT2D eigenvalue weighted by atomic mass is 16.4. The van der Waals surface area contributed by atoms with E-state index in [1.165, 1.54) is 0 Å². The molecule has 1 amide bonds. The minimum absolute atomic E-state index is 0.0486. The summed E-state index contributed by atoms with van der Waals surface area (Å²) in [6, 6.07) is 9.51. The van der Waals surface area contributed by atoms with Gasteiger partial charge < -0.3 is 10.0 Å².